The summed E-state index contributed by atoms with van der Waals surface area (Å²) in [5.41, 5.74) is 0. The molecule has 80 valence electrons. The molecule has 0 aliphatic heterocycles. The van der Waals surface area contributed by atoms with Crippen molar-refractivity contribution in [3.8, 4) is 0 Å². The van der Waals surface area contributed by atoms with E-state index in [1.54, 1.807) is 6.26 Å². The van der Waals surface area contributed by atoms with E-state index in [0.29, 0.717) is 0 Å². The monoisotopic (exact) mass is 195 g/mol. The van der Waals surface area contributed by atoms with Crippen LogP contribution in [-0.4, -0.2) is 13.1 Å². The fourth-order valence-electron chi connectivity index (χ4n) is 1.43. The zero-order valence-corrected chi connectivity index (χ0v) is 9.25. The summed E-state index contributed by atoms with van der Waals surface area (Å²) in [4.78, 5) is 0. The largest absolute Gasteiger partial charge is 0.469 e. The van der Waals surface area contributed by atoms with E-state index in [4.69, 9.17) is 4.42 Å². The quantitative estimate of drug-likeness (QED) is 0.677. The lowest BCUT2D eigenvalue weighted by Crippen LogP contribution is -2.18. The molecule has 0 saturated heterocycles. The van der Waals surface area contributed by atoms with Crippen LogP contribution in [0.4, 0.5) is 0 Å². The predicted molar refractivity (Wildman–Crippen MR) is 59.4 cm³/mol. The van der Waals surface area contributed by atoms with Gasteiger partial charge in [0.2, 0.25) is 0 Å². The third kappa shape index (κ3) is 5.07. The third-order valence-corrected chi connectivity index (χ3v) is 2.26. The van der Waals surface area contributed by atoms with Gasteiger partial charge < -0.3 is 9.73 Å². The summed E-state index contributed by atoms with van der Waals surface area (Å²) in [5.74, 6) is 1.89. The van der Waals surface area contributed by atoms with Crippen LogP contribution in [0.1, 0.15) is 32.4 Å². The van der Waals surface area contributed by atoms with E-state index in [2.05, 4.69) is 19.2 Å². The Balaban J connectivity index is 1.90. The van der Waals surface area contributed by atoms with Gasteiger partial charge in [-0.25, -0.2) is 0 Å². The normalized spacial score (nSPS) is 11.1. The second-order valence-corrected chi connectivity index (χ2v) is 4.12. The van der Waals surface area contributed by atoms with E-state index < -0.39 is 0 Å². The van der Waals surface area contributed by atoms with Gasteiger partial charge in [0.25, 0.3) is 0 Å². The molecule has 0 aliphatic carbocycles. The Morgan fingerprint density at radius 3 is 2.86 bits per heavy atom. The van der Waals surface area contributed by atoms with Gasteiger partial charge in [-0.3, -0.25) is 0 Å². The van der Waals surface area contributed by atoms with Crippen molar-refractivity contribution in [2.75, 3.05) is 13.1 Å². The summed E-state index contributed by atoms with van der Waals surface area (Å²) in [7, 11) is 0. The Bertz CT molecular complexity index is 216. The van der Waals surface area contributed by atoms with Gasteiger partial charge in [0.15, 0.2) is 0 Å². The highest BCUT2D eigenvalue weighted by atomic mass is 16.3. The molecule has 0 aromatic carbocycles. The van der Waals surface area contributed by atoms with Crippen LogP contribution < -0.4 is 5.32 Å². The van der Waals surface area contributed by atoms with Gasteiger partial charge in [0.05, 0.1) is 6.26 Å². The van der Waals surface area contributed by atoms with Gasteiger partial charge >= 0.3 is 0 Å². The van der Waals surface area contributed by atoms with Crippen molar-refractivity contribution in [3.63, 3.8) is 0 Å². The first-order valence-electron chi connectivity index (χ1n) is 5.52. The molecule has 0 spiro atoms. The minimum absolute atomic E-state index is 0.821. The van der Waals surface area contributed by atoms with Crippen LogP contribution in [0.2, 0.25) is 0 Å². The van der Waals surface area contributed by atoms with E-state index in [1.807, 2.05) is 12.1 Å². The second-order valence-electron chi connectivity index (χ2n) is 4.12. The van der Waals surface area contributed by atoms with Crippen LogP contribution in [0.15, 0.2) is 22.8 Å². The van der Waals surface area contributed by atoms with Gasteiger partial charge in [-0.2, -0.15) is 0 Å². The Hall–Kier alpha value is -0.760. The number of hydrogen-bond donors (Lipinski definition) is 1. The van der Waals surface area contributed by atoms with Crippen LogP contribution in [0, 0.1) is 5.92 Å². The zero-order chi connectivity index (χ0) is 10.2. The lowest BCUT2D eigenvalue weighted by Gasteiger charge is -2.05. The molecule has 0 amide bonds. The van der Waals surface area contributed by atoms with Crippen molar-refractivity contribution in [2.24, 2.45) is 5.92 Å². The summed E-state index contributed by atoms with van der Waals surface area (Å²) in [5, 5.41) is 3.42. The molecule has 1 N–H and O–H groups in total. The zero-order valence-electron chi connectivity index (χ0n) is 9.25. The van der Waals surface area contributed by atoms with Gasteiger partial charge in [0.1, 0.15) is 5.76 Å². The Morgan fingerprint density at radius 1 is 1.36 bits per heavy atom. The fourth-order valence-corrected chi connectivity index (χ4v) is 1.43. The minimum Gasteiger partial charge on any atom is -0.469 e. The first-order chi connectivity index (χ1) is 6.79. The first kappa shape index (κ1) is 11.3. The third-order valence-electron chi connectivity index (χ3n) is 2.26. The topological polar surface area (TPSA) is 25.2 Å². The van der Waals surface area contributed by atoms with Gasteiger partial charge in [-0.15, -0.1) is 0 Å². The van der Waals surface area contributed by atoms with E-state index in [9.17, 15) is 0 Å². The predicted octanol–water partition coefficient (Wildman–Crippen LogP) is 2.85. The number of rotatable bonds is 7. The van der Waals surface area contributed by atoms with Crippen molar-refractivity contribution in [3.05, 3.63) is 24.2 Å². The molecular weight excluding hydrogens is 174 g/mol. The van der Waals surface area contributed by atoms with Crippen molar-refractivity contribution in [2.45, 2.75) is 33.1 Å². The van der Waals surface area contributed by atoms with E-state index in [1.165, 1.54) is 12.8 Å². The van der Waals surface area contributed by atoms with Crippen molar-refractivity contribution < 1.29 is 4.42 Å². The highest BCUT2D eigenvalue weighted by molar-refractivity contribution is 4.98. The van der Waals surface area contributed by atoms with Crippen LogP contribution in [0.25, 0.3) is 0 Å². The minimum atomic E-state index is 0.821. The SMILES string of the molecule is CC(C)CCCNCCc1ccco1. The van der Waals surface area contributed by atoms with Crippen LogP contribution in [-0.2, 0) is 6.42 Å². The summed E-state index contributed by atoms with van der Waals surface area (Å²) >= 11 is 0. The number of nitrogens with one attached hydrogen (secondary N) is 1. The van der Waals surface area contributed by atoms with E-state index in [-0.39, 0.29) is 0 Å². The van der Waals surface area contributed by atoms with E-state index in [0.717, 1.165) is 31.2 Å². The van der Waals surface area contributed by atoms with Crippen molar-refractivity contribution >= 4 is 0 Å². The molecule has 1 rings (SSSR count). The molecule has 1 aromatic heterocycles. The molecule has 0 fully saturated rings. The molecule has 2 heteroatoms. The maximum absolute atomic E-state index is 5.24. The standard InChI is InChI=1S/C12H21NO/c1-11(2)5-3-8-13-9-7-12-6-4-10-14-12/h4,6,10-11,13H,3,5,7-9H2,1-2H3. The lowest BCUT2D eigenvalue weighted by atomic mass is 10.1. The summed E-state index contributed by atoms with van der Waals surface area (Å²) < 4.78 is 5.24. The molecule has 0 radical (unpaired) electrons. The fraction of sp³-hybridized carbons (Fsp3) is 0.667. The molecule has 0 aliphatic rings. The molecule has 0 saturated carbocycles. The average molecular weight is 195 g/mol. The average Bonchev–Trinajstić information content (AvgIpc) is 2.63. The molecule has 1 heterocycles. The number of hydrogen-bond acceptors (Lipinski definition) is 2. The second kappa shape index (κ2) is 6.66. The molecule has 14 heavy (non-hydrogen) atoms. The molecule has 0 unspecified atom stereocenters. The van der Waals surface area contributed by atoms with E-state index >= 15 is 0 Å². The highest BCUT2D eigenvalue weighted by Gasteiger charge is 1.95. The van der Waals surface area contributed by atoms with Crippen LogP contribution >= 0.6 is 0 Å². The molecule has 2 nitrogen and oxygen atoms in total. The Morgan fingerprint density at radius 2 is 2.21 bits per heavy atom. The van der Waals surface area contributed by atoms with Gasteiger partial charge in [-0.05, 0) is 37.4 Å². The van der Waals surface area contributed by atoms with Crippen LogP contribution in [0.5, 0.6) is 0 Å². The van der Waals surface area contributed by atoms with Gasteiger partial charge in [0, 0.05) is 13.0 Å². The maximum Gasteiger partial charge on any atom is 0.105 e. The summed E-state index contributed by atoms with van der Waals surface area (Å²) in [6, 6.07) is 3.96. The lowest BCUT2D eigenvalue weighted by molar-refractivity contribution is 0.488. The summed E-state index contributed by atoms with van der Waals surface area (Å²) in [6.07, 6.45) is 5.31. The maximum atomic E-state index is 5.24. The first-order valence-corrected chi connectivity index (χ1v) is 5.52. The van der Waals surface area contributed by atoms with Gasteiger partial charge in [-0.1, -0.05) is 13.8 Å². The summed E-state index contributed by atoms with van der Waals surface area (Å²) in [6.45, 7) is 6.68. The van der Waals surface area contributed by atoms with Crippen LogP contribution in [0.3, 0.4) is 0 Å². The molecule has 0 bridgehead atoms. The Labute approximate surface area is 86.7 Å². The van der Waals surface area contributed by atoms with Crippen molar-refractivity contribution in [1.82, 2.24) is 5.32 Å². The smallest absolute Gasteiger partial charge is 0.105 e. The molecule has 1 aromatic rings. The molecule has 0 atom stereocenters. The number of furan rings is 1. The Kier molecular flexibility index (Phi) is 5.38. The van der Waals surface area contributed by atoms with Crippen molar-refractivity contribution in [1.29, 1.82) is 0 Å². The molecular formula is C12H21NO. The highest BCUT2D eigenvalue weighted by Crippen LogP contribution is 2.02.